The van der Waals surface area contributed by atoms with Gasteiger partial charge >= 0.3 is 0 Å². The Kier molecular flexibility index (Phi) is 5.32. The van der Waals surface area contributed by atoms with Gasteiger partial charge in [0, 0.05) is 32.3 Å². The van der Waals surface area contributed by atoms with Crippen LogP contribution in [0.25, 0.3) is 0 Å². The predicted octanol–water partition coefficient (Wildman–Crippen LogP) is 1.75. The van der Waals surface area contributed by atoms with E-state index < -0.39 is 0 Å². The maximum Gasteiger partial charge on any atom is 0.224 e. The molecule has 0 aromatic carbocycles. The van der Waals surface area contributed by atoms with Crippen LogP contribution in [0.2, 0.25) is 0 Å². The highest BCUT2D eigenvalue weighted by Gasteiger charge is 2.08. The quantitative estimate of drug-likeness (QED) is 0.796. The molecular formula is C12H19N3O. The number of aromatic nitrogens is 1. The van der Waals surface area contributed by atoms with Crippen molar-refractivity contribution in [1.29, 1.82) is 0 Å². The lowest BCUT2D eigenvalue weighted by Gasteiger charge is -2.18. The lowest BCUT2D eigenvalue weighted by Crippen LogP contribution is -2.31. The Hall–Kier alpha value is -1.58. The SMILES string of the molecule is CCN(CC)C(=O)CCNc1ccccn1. The third kappa shape index (κ3) is 3.88. The summed E-state index contributed by atoms with van der Waals surface area (Å²) in [4.78, 5) is 17.6. The van der Waals surface area contributed by atoms with Crippen molar-refractivity contribution in [1.82, 2.24) is 9.88 Å². The highest BCUT2D eigenvalue weighted by atomic mass is 16.2. The highest BCUT2D eigenvalue weighted by molar-refractivity contribution is 5.76. The maximum absolute atomic E-state index is 11.7. The van der Waals surface area contributed by atoms with Gasteiger partial charge in [0.1, 0.15) is 5.82 Å². The molecule has 1 aromatic rings. The van der Waals surface area contributed by atoms with Crippen molar-refractivity contribution < 1.29 is 4.79 Å². The number of hydrogen-bond acceptors (Lipinski definition) is 3. The first-order valence-electron chi connectivity index (χ1n) is 5.70. The fraction of sp³-hybridized carbons (Fsp3) is 0.500. The van der Waals surface area contributed by atoms with E-state index in [1.54, 1.807) is 6.20 Å². The van der Waals surface area contributed by atoms with Crippen molar-refractivity contribution >= 4 is 11.7 Å². The van der Waals surface area contributed by atoms with Gasteiger partial charge in [-0.2, -0.15) is 0 Å². The molecule has 1 rings (SSSR count). The second kappa shape index (κ2) is 6.82. The van der Waals surface area contributed by atoms with Gasteiger partial charge in [-0.1, -0.05) is 6.07 Å². The number of nitrogens with one attached hydrogen (secondary N) is 1. The van der Waals surface area contributed by atoms with Gasteiger partial charge < -0.3 is 10.2 Å². The van der Waals surface area contributed by atoms with Crippen LogP contribution in [0, 0.1) is 0 Å². The molecule has 0 radical (unpaired) electrons. The Morgan fingerprint density at radius 3 is 2.69 bits per heavy atom. The fourth-order valence-electron chi connectivity index (χ4n) is 1.50. The first-order valence-corrected chi connectivity index (χ1v) is 5.70. The minimum Gasteiger partial charge on any atom is -0.370 e. The standard InChI is InChI=1S/C12H19N3O/c1-3-15(4-2)12(16)8-10-14-11-7-5-6-9-13-11/h5-7,9H,3-4,8,10H2,1-2H3,(H,13,14). The van der Waals surface area contributed by atoms with Crippen molar-refractivity contribution in [3.05, 3.63) is 24.4 Å². The van der Waals surface area contributed by atoms with E-state index in [-0.39, 0.29) is 5.91 Å². The summed E-state index contributed by atoms with van der Waals surface area (Å²) in [6.45, 7) is 6.17. The molecule has 88 valence electrons. The number of nitrogens with zero attached hydrogens (tertiary/aromatic N) is 2. The minimum absolute atomic E-state index is 0.188. The van der Waals surface area contributed by atoms with E-state index in [0.29, 0.717) is 13.0 Å². The summed E-state index contributed by atoms with van der Waals surface area (Å²) in [5.74, 6) is 1.00. The molecule has 0 unspecified atom stereocenters. The second-order valence-corrected chi connectivity index (χ2v) is 3.46. The van der Waals surface area contributed by atoms with Crippen molar-refractivity contribution in [2.75, 3.05) is 25.0 Å². The summed E-state index contributed by atoms with van der Waals surface area (Å²) in [7, 11) is 0. The molecule has 0 spiro atoms. The molecule has 0 bridgehead atoms. The number of carbonyl (C=O) groups excluding carboxylic acids is 1. The van der Waals surface area contributed by atoms with E-state index in [1.165, 1.54) is 0 Å². The van der Waals surface area contributed by atoms with Gasteiger partial charge in [0.2, 0.25) is 5.91 Å². The van der Waals surface area contributed by atoms with E-state index in [9.17, 15) is 4.79 Å². The smallest absolute Gasteiger partial charge is 0.224 e. The van der Waals surface area contributed by atoms with E-state index in [0.717, 1.165) is 18.9 Å². The van der Waals surface area contributed by atoms with Crippen molar-refractivity contribution in [2.24, 2.45) is 0 Å². The van der Waals surface area contributed by atoms with Crippen LogP contribution in [-0.2, 0) is 4.79 Å². The molecule has 4 heteroatoms. The van der Waals surface area contributed by atoms with E-state index in [2.05, 4.69) is 10.3 Å². The predicted molar refractivity (Wildman–Crippen MR) is 65.3 cm³/mol. The molecule has 4 nitrogen and oxygen atoms in total. The van der Waals surface area contributed by atoms with Gasteiger partial charge in [0.15, 0.2) is 0 Å². The Bertz CT molecular complexity index is 309. The molecule has 1 heterocycles. The normalized spacial score (nSPS) is 9.88. The van der Waals surface area contributed by atoms with Gasteiger partial charge in [-0.3, -0.25) is 4.79 Å². The first kappa shape index (κ1) is 12.5. The van der Waals surface area contributed by atoms with Gasteiger partial charge in [-0.25, -0.2) is 4.98 Å². The molecule has 0 aliphatic heterocycles. The lowest BCUT2D eigenvalue weighted by molar-refractivity contribution is -0.130. The summed E-state index contributed by atoms with van der Waals surface area (Å²) in [5.41, 5.74) is 0. The molecule has 0 fully saturated rings. The summed E-state index contributed by atoms with van der Waals surface area (Å²) in [6, 6.07) is 5.68. The zero-order valence-electron chi connectivity index (χ0n) is 9.94. The lowest BCUT2D eigenvalue weighted by atomic mass is 10.3. The number of anilines is 1. The van der Waals surface area contributed by atoms with Crippen LogP contribution in [0.1, 0.15) is 20.3 Å². The van der Waals surface area contributed by atoms with Gasteiger partial charge in [-0.05, 0) is 26.0 Å². The summed E-state index contributed by atoms with van der Waals surface area (Å²) >= 11 is 0. The number of hydrogen-bond donors (Lipinski definition) is 1. The van der Waals surface area contributed by atoms with E-state index in [4.69, 9.17) is 0 Å². The van der Waals surface area contributed by atoms with E-state index in [1.807, 2.05) is 36.9 Å². The summed E-state index contributed by atoms with van der Waals surface area (Å²) in [6.07, 6.45) is 2.24. The van der Waals surface area contributed by atoms with Crippen LogP contribution in [0.5, 0.6) is 0 Å². The molecule has 0 aliphatic carbocycles. The third-order valence-corrected chi connectivity index (χ3v) is 2.43. The molecule has 0 atom stereocenters. The Balaban J connectivity index is 2.28. The van der Waals surface area contributed by atoms with Crippen LogP contribution in [0.3, 0.4) is 0 Å². The number of pyridine rings is 1. The van der Waals surface area contributed by atoms with Crippen LogP contribution in [0.15, 0.2) is 24.4 Å². The van der Waals surface area contributed by atoms with Gasteiger partial charge in [0.05, 0.1) is 0 Å². The second-order valence-electron chi connectivity index (χ2n) is 3.46. The molecular weight excluding hydrogens is 202 g/mol. The van der Waals surface area contributed by atoms with Gasteiger partial charge in [0.25, 0.3) is 0 Å². The number of rotatable bonds is 6. The average molecular weight is 221 g/mol. The largest absolute Gasteiger partial charge is 0.370 e. The Labute approximate surface area is 96.7 Å². The van der Waals surface area contributed by atoms with Crippen LogP contribution < -0.4 is 5.32 Å². The first-order chi connectivity index (χ1) is 7.77. The Morgan fingerprint density at radius 1 is 1.38 bits per heavy atom. The number of amides is 1. The third-order valence-electron chi connectivity index (χ3n) is 2.43. The molecule has 1 amide bonds. The zero-order valence-corrected chi connectivity index (χ0v) is 9.94. The molecule has 1 N–H and O–H groups in total. The summed E-state index contributed by atoms with van der Waals surface area (Å²) < 4.78 is 0. The average Bonchev–Trinajstić information content (AvgIpc) is 2.32. The van der Waals surface area contributed by atoms with E-state index >= 15 is 0 Å². The van der Waals surface area contributed by atoms with Crippen LogP contribution >= 0.6 is 0 Å². The molecule has 0 aliphatic rings. The molecule has 0 saturated heterocycles. The maximum atomic E-state index is 11.7. The summed E-state index contributed by atoms with van der Waals surface area (Å²) in [5, 5.41) is 3.12. The monoisotopic (exact) mass is 221 g/mol. The van der Waals surface area contributed by atoms with Crippen molar-refractivity contribution in [3.63, 3.8) is 0 Å². The molecule has 0 saturated carbocycles. The topological polar surface area (TPSA) is 45.2 Å². The van der Waals surface area contributed by atoms with Crippen LogP contribution in [0.4, 0.5) is 5.82 Å². The minimum atomic E-state index is 0.188. The molecule has 1 aromatic heterocycles. The molecule has 16 heavy (non-hydrogen) atoms. The highest BCUT2D eigenvalue weighted by Crippen LogP contribution is 2.00. The van der Waals surface area contributed by atoms with Gasteiger partial charge in [-0.15, -0.1) is 0 Å². The number of carbonyl (C=O) groups is 1. The fourth-order valence-corrected chi connectivity index (χ4v) is 1.50. The Morgan fingerprint density at radius 2 is 2.12 bits per heavy atom. The van der Waals surface area contributed by atoms with Crippen molar-refractivity contribution in [3.8, 4) is 0 Å². The zero-order chi connectivity index (χ0) is 11.8. The van der Waals surface area contributed by atoms with Crippen molar-refractivity contribution in [2.45, 2.75) is 20.3 Å². The van der Waals surface area contributed by atoms with Crippen LogP contribution in [-0.4, -0.2) is 35.4 Å².